The summed E-state index contributed by atoms with van der Waals surface area (Å²) >= 11 is 0. The van der Waals surface area contributed by atoms with Crippen LogP contribution in [0.2, 0.25) is 0 Å². The molecule has 3 nitrogen and oxygen atoms in total. The minimum Gasteiger partial charge on any atom is -0.497 e. The first kappa shape index (κ1) is 9.86. The van der Waals surface area contributed by atoms with E-state index in [0.717, 1.165) is 17.1 Å². The summed E-state index contributed by atoms with van der Waals surface area (Å²) in [4.78, 5) is 0. The first-order valence-electron chi connectivity index (χ1n) is 4.31. The largest absolute Gasteiger partial charge is 0.497 e. The highest BCUT2D eigenvalue weighted by Gasteiger charge is 2.02. The SMILES string of the molecule is CCOc1cc(OC)ccc1CN. The second kappa shape index (κ2) is 4.72. The first-order valence-corrected chi connectivity index (χ1v) is 4.31. The van der Waals surface area contributed by atoms with Crippen LogP contribution in [-0.2, 0) is 6.54 Å². The molecule has 0 heterocycles. The number of hydrogen-bond donors (Lipinski definition) is 1. The van der Waals surface area contributed by atoms with E-state index in [2.05, 4.69) is 0 Å². The van der Waals surface area contributed by atoms with E-state index in [1.165, 1.54) is 0 Å². The number of ether oxygens (including phenoxy) is 2. The molecule has 0 aliphatic heterocycles. The molecular formula is C10H15NO2. The van der Waals surface area contributed by atoms with Crippen LogP contribution in [0, 0.1) is 0 Å². The zero-order valence-corrected chi connectivity index (χ0v) is 8.04. The van der Waals surface area contributed by atoms with Crippen LogP contribution in [0.5, 0.6) is 11.5 Å². The molecule has 0 fully saturated rings. The van der Waals surface area contributed by atoms with Crippen molar-refractivity contribution in [1.82, 2.24) is 0 Å². The molecule has 1 rings (SSSR count). The van der Waals surface area contributed by atoms with Crippen LogP contribution in [0.4, 0.5) is 0 Å². The predicted molar refractivity (Wildman–Crippen MR) is 52.1 cm³/mol. The lowest BCUT2D eigenvalue weighted by Crippen LogP contribution is -2.02. The maximum atomic E-state index is 5.55. The second-order valence-electron chi connectivity index (χ2n) is 2.61. The van der Waals surface area contributed by atoms with Crippen LogP contribution < -0.4 is 15.2 Å². The Kier molecular flexibility index (Phi) is 3.58. The summed E-state index contributed by atoms with van der Waals surface area (Å²) in [6, 6.07) is 5.65. The summed E-state index contributed by atoms with van der Waals surface area (Å²) in [6.07, 6.45) is 0. The van der Waals surface area contributed by atoms with E-state index < -0.39 is 0 Å². The summed E-state index contributed by atoms with van der Waals surface area (Å²) in [7, 11) is 1.63. The van der Waals surface area contributed by atoms with Crippen molar-refractivity contribution >= 4 is 0 Å². The number of hydrogen-bond acceptors (Lipinski definition) is 3. The van der Waals surface area contributed by atoms with Gasteiger partial charge in [0, 0.05) is 18.2 Å². The summed E-state index contributed by atoms with van der Waals surface area (Å²) in [5, 5.41) is 0. The molecule has 72 valence electrons. The lowest BCUT2D eigenvalue weighted by Gasteiger charge is -2.09. The minimum absolute atomic E-state index is 0.485. The molecular weight excluding hydrogens is 166 g/mol. The average molecular weight is 181 g/mol. The van der Waals surface area contributed by atoms with Crippen LogP contribution in [0.3, 0.4) is 0 Å². The van der Waals surface area contributed by atoms with Crippen molar-refractivity contribution in [3.63, 3.8) is 0 Å². The van der Waals surface area contributed by atoms with Crippen molar-refractivity contribution in [3.05, 3.63) is 23.8 Å². The van der Waals surface area contributed by atoms with Crippen LogP contribution in [-0.4, -0.2) is 13.7 Å². The Balaban J connectivity index is 2.95. The van der Waals surface area contributed by atoms with E-state index in [9.17, 15) is 0 Å². The van der Waals surface area contributed by atoms with Crippen molar-refractivity contribution in [2.75, 3.05) is 13.7 Å². The average Bonchev–Trinajstić information content (AvgIpc) is 2.18. The topological polar surface area (TPSA) is 44.5 Å². The lowest BCUT2D eigenvalue weighted by atomic mass is 10.2. The van der Waals surface area contributed by atoms with Gasteiger partial charge in [-0.2, -0.15) is 0 Å². The van der Waals surface area contributed by atoms with Gasteiger partial charge in [0.2, 0.25) is 0 Å². The monoisotopic (exact) mass is 181 g/mol. The molecule has 0 saturated carbocycles. The van der Waals surface area contributed by atoms with E-state index in [1.807, 2.05) is 25.1 Å². The molecule has 13 heavy (non-hydrogen) atoms. The summed E-state index contributed by atoms with van der Waals surface area (Å²) in [6.45, 7) is 3.07. The molecule has 0 unspecified atom stereocenters. The van der Waals surface area contributed by atoms with Gasteiger partial charge in [0.15, 0.2) is 0 Å². The third-order valence-corrected chi connectivity index (χ3v) is 1.79. The Morgan fingerprint density at radius 3 is 2.69 bits per heavy atom. The molecule has 0 bridgehead atoms. The van der Waals surface area contributed by atoms with Crippen molar-refractivity contribution in [3.8, 4) is 11.5 Å². The van der Waals surface area contributed by atoms with Crippen LogP contribution in [0.15, 0.2) is 18.2 Å². The Morgan fingerprint density at radius 1 is 1.38 bits per heavy atom. The van der Waals surface area contributed by atoms with Gasteiger partial charge in [0.1, 0.15) is 11.5 Å². The third kappa shape index (κ3) is 2.36. The summed E-state index contributed by atoms with van der Waals surface area (Å²) < 4.78 is 10.5. The third-order valence-electron chi connectivity index (χ3n) is 1.79. The van der Waals surface area contributed by atoms with E-state index in [1.54, 1.807) is 7.11 Å². The van der Waals surface area contributed by atoms with Gasteiger partial charge in [-0.25, -0.2) is 0 Å². The van der Waals surface area contributed by atoms with Crippen LogP contribution in [0.1, 0.15) is 12.5 Å². The van der Waals surface area contributed by atoms with E-state index in [0.29, 0.717) is 13.2 Å². The smallest absolute Gasteiger partial charge is 0.127 e. The summed E-state index contributed by atoms with van der Waals surface area (Å²) in [5.74, 6) is 1.60. The minimum atomic E-state index is 0.485. The molecule has 0 aliphatic carbocycles. The van der Waals surface area contributed by atoms with Gasteiger partial charge in [0.25, 0.3) is 0 Å². The Hall–Kier alpha value is -1.22. The van der Waals surface area contributed by atoms with Gasteiger partial charge in [-0.1, -0.05) is 6.07 Å². The highest BCUT2D eigenvalue weighted by atomic mass is 16.5. The van der Waals surface area contributed by atoms with E-state index in [4.69, 9.17) is 15.2 Å². The first-order chi connectivity index (χ1) is 6.31. The van der Waals surface area contributed by atoms with Gasteiger partial charge < -0.3 is 15.2 Å². The van der Waals surface area contributed by atoms with Gasteiger partial charge in [0.05, 0.1) is 13.7 Å². The number of benzene rings is 1. The molecule has 0 atom stereocenters. The summed E-state index contributed by atoms with van der Waals surface area (Å²) in [5.41, 5.74) is 6.55. The molecule has 0 saturated heterocycles. The second-order valence-corrected chi connectivity index (χ2v) is 2.61. The number of nitrogens with two attached hydrogens (primary N) is 1. The number of methoxy groups -OCH3 is 1. The van der Waals surface area contributed by atoms with Crippen molar-refractivity contribution < 1.29 is 9.47 Å². The standard InChI is InChI=1S/C10H15NO2/c1-3-13-10-6-9(12-2)5-4-8(10)7-11/h4-6H,3,7,11H2,1-2H3. The number of rotatable bonds is 4. The molecule has 1 aromatic rings. The predicted octanol–water partition coefficient (Wildman–Crippen LogP) is 1.55. The zero-order chi connectivity index (χ0) is 9.68. The Morgan fingerprint density at radius 2 is 2.15 bits per heavy atom. The molecule has 0 radical (unpaired) electrons. The quantitative estimate of drug-likeness (QED) is 0.766. The van der Waals surface area contributed by atoms with E-state index in [-0.39, 0.29) is 0 Å². The Labute approximate surface area is 78.5 Å². The van der Waals surface area contributed by atoms with Gasteiger partial charge >= 0.3 is 0 Å². The molecule has 1 aromatic carbocycles. The zero-order valence-electron chi connectivity index (χ0n) is 8.04. The highest BCUT2D eigenvalue weighted by Crippen LogP contribution is 2.24. The maximum absolute atomic E-state index is 5.55. The van der Waals surface area contributed by atoms with Gasteiger partial charge in [-0.05, 0) is 13.0 Å². The fourth-order valence-electron chi connectivity index (χ4n) is 1.12. The van der Waals surface area contributed by atoms with Gasteiger partial charge in [-0.3, -0.25) is 0 Å². The van der Waals surface area contributed by atoms with Crippen molar-refractivity contribution in [2.45, 2.75) is 13.5 Å². The highest BCUT2D eigenvalue weighted by molar-refractivity contribution is 5.40. The fourth-order valence-corrected chi connectivity index (χ4v) is 1.12. The molecule has 0 aromatic heterocycles. The molecule has 0 aliphatic rings. The van der Waals surface area contributed by atoms with Crippen molar-refractivity contribution in [1.29, 1.82) is 0 Å². The lowest BCUT2D eigenvalue weighted by molar-refractivity contribution is 0.332. The van der Waals surface area contributed by atoms with Crippen LogP contribution >= 0.6 is 0 Å². The van der Waals surface area contributed by atoms with Crippen molar-refractivity contribution in [2.24, 2.45) is 5.73 Å². The normalized spacial score (nSPS) is 9.77. The molecule has 0 amide bonds. The molecule has 0 spiro atoms. The van der Waals surface area contributed by atoms with Gasteiger partial charge in [-0.15, -0.1) is 0 Å². The Bertz CT molecular complexity index is 274. The van der Waals surface area contributed by atoms with E-state index >= 15 is 0 Å². The molecule has 3 heteroatoms. The fraction of sp³-hybridized carbons (Fsp3) is 0.400. The molecule has 2 N–H and O–H groups in total. The van der Waals surface area contributed by atoms with Crippen LogP contribution in [0.25, 0.3) is 0 Å². The maximum Gasteiger partial charge on any atom is 0.127 e.